The smallest absolute Gasteiger partial charge is 0.147 e. The van der Waals surface area contributed by atoms with E-state index in [4.69, 9.17) is 4.98 Å². The van der Waals surface area contributed by atoms with Gasteiger partial charge in [-0.2, -0.15) is 0 Å². The predicted octanol–water partition coefficient (Wildman–Crippen LogP) is 2.74. The summed E-state index contributed by atoms with van der Waals surface area (Å²) in [4.78, 5) is 11.7. The Morgan fingerprint density at radius 3 is 2.55 bits per heavy atom. The lowest BCUT2D eigenvalue weighted by molar-refractivity contribution is 0.421. The Balaban J connectivity index is 1.68. The molecule has 0 radical (unpaired) electrons. The largest absolute Gasteiger partial charge is 0.352 e. The number of rotatable bonds is 6. The number of hydrogen-bond acceptors (Lipinski definition) is 4. The zero-order valence-electron chi connectivity index (χ0n) is 12.9. The lowest BCUT2D eigenvalue weighted by atomic mass is 10.1. The van der Waals surface area contributed by atoms with E-state index in [2.05, 4.69) is 36.0 Å². The molecule has 0 amide bonds. The van der Waals surface area contributed by atoms with Crippen LogP contribution in [0.5, 0.6) is 0 Å². The van der Waals surface area contributed by atoms with Crippen molar-refractivity contribution in [2.75, 3.05) is 11.4 Å². The zero-order chi connectivity index (χ0) is 14.2. The molecule has 0 aromatic carbocycles. The van der Waals surface area contributed by atoms with Gasteiger partial charge < -0.3 is 10.2 Å². The summed E-state index contributed by atoms with van der Waals surface area (Å²) in [6, 6.07) is 0.718. The highest BCUT2D eigenvalue weighted by molar-refractivity contribution is 5.40. The fraction of sp³-hybridized carbons (Fsp3) is 0.750. The maximum atomic E-state index is 4.82. The number of aromatic nitrogens is 2. The SMILES string of the molecule is CC(C)(C)NCc1cncc(N(CC2CC2)C2CC2)n1. The normalized spacial score (nSPS) is 19.1. The van der Waals surface area contributed by atoms with Crippen molar-refractivity contribution < 1.29 is 0 Å². The van der Waals surface area contributed by atoms with Crippen LogP contribution in [0.1, 0.15) is 52.1 Å². The van der Waals surface area contributed by atoms with E-state index in [1.807, 2.05) is 12.4 Å². The van der Waals surface area contributed by atoms with Crippen molar-refractivity contribution in [1.82, 2.24) is 15.3 Å². The summed E-state index contributed by atoms with van der Waals surface area (Å²) in [6.45, 7) is 8.48. The first kappa shape index (κ1) is 13.8. The zero-order valence-corrected chi connectivity index (χ0v) is 12.9. The van der Waals surface area contributed by atoms with Crippen LogP contribution in [0, 0.1) is 5.92 Å². The summed E-state index contributed by atoms with van der Waals surface area (Å²) in [5.74, 6) is 1.97. The monoisotopic (exact) mass is 274 g/mol. The van der Waals surface area contributed by atoms with E-state index in [1.165, 1.54) is 32.2 Å². The molecule has 2 aliphatic rings. The third-order valence-electron chi connectivity index (χ3n) is 3.91. The Bertz CT molecular complexity index is 458. The third kappa shape index (κ3) is 3.92. The van der Waals surface area contributed by atoms with Gasteiger partial charge in [-0.05, 0) is 52.4 Å². The molecule has 0 bridgehead atoms. The molecule has 0 unspecified atom stereocenters. The summed E-state index contributed by atoms with van der Waals surface area (Å²) in [7, 11) is 0. The van der Waals surface area contributed by atoms with Crippen molar-refractivity contribution >= 4 is 5.82 Å². The summed E-state index contributed by atoms with van der Waals surface area (Å²) < 4.78 is 0. The topological polar surface area (TPSA) is 41.1 Å². The number of nitrogens with one attached hydrogen (secondary N) is 1. The summed E-state index contributed by atoms with van der Waals surface area (Å²) in [6.07, 6.45) is 9.23. The molecule has 0 spiro atoms. The average molecular weight is 274 g/mol. The first-order valence-corrected chi connectivity index (χ1v) is 7.84. The van der Waals surface area contributed by atoms with E-state index in [9.17, 15) is 0 Å². The van der Waals surface area contributed by atoms with Gasteiger partial charge in [0.2, 0.25) is 0 Å². The molecule has 2 fully saturated rings. The molecule has 20 heavy (non-hydrogen) atoms. The highest BCUT2D eigenvalue weighted by atomic mass is 15.2. The van der Waals surface area contributed by atoms with Crippen LogP contribution in [0.3, 0.4) is 0 Å². The molecule has 0 atom stereocenters. The number of nitrogens with zero attached hydrogens (tertiary/aromatic N) is 3. The maximum absolute atomic E-state index is 4.82. The molecule has 1 aromatic heterocycles. The van der Waals surface area contributed by atoms with Gasteiger partial charge in [-0.25, -0.2) is 4.98 Å². The van der Waals surface area contributed by atoms with Crippen LogP contribution in [0.15, 0.2) is 12.4 Å². The van der Waals surface area contributed by atoms with Crippen LogP contribution in [0.25, 0.3) is 0 Å². The van der Waals surface area contributed by atoms with Crippen LogP contribution < -0.4 is 10.2 Å². The molecule has 0 aliphatic heterocycles. The van der Waals surface area contributed by atoms with E-state index >= 15 is 0 Å². The lowest BCUT2D eigenvalue weighted by Gasteiger charge is -2.24. The molecule has 4 nitrogen and oxygen atoms in total. The number of anilines is 1. The van der Waals surface area contributed by atoms with E-state index in [-0.39, 0.29) is 5.54 Å². The highest BCUT2D eigenvalue weighted by Gasteiger charge is 2.34. The fourth-order valence-electron chi connectivity index (χ4n) is 2.37. The molecule has 110 valence electrons. The van der Waals surface area contributed by atoms with Crippen LogP contribution in [0.4, 0.5) is 5.82 Å². The van der Waals surface area contributed by atoms with Crippen molar-refractivity contribution in [3.63, 3.8) is 0 Å². The van der Waals surface area contributed by atoms with E-state index in [1.54, 1.807) is 0 Å². The van der Waals surface area contributed by atoms with Gasteiger partial charge in [0, 0.05) is 30.9 Å². The van der Waals surface area contributed by atoms with E-state index in [0.717, 1.165) is 30.0 Å². The second-order valence-electron chi connectivity index (χ2n) is 7.30. The summed E-state index contributed by atoms with van der Waals surface area (Å²) in [5, 5.41) is 3.48. The van der Waals surface area contributed by atoms with Gasteiger partial charge >= 0.3 is 0 Å². The highest BCUT2D eigenvalue weighted by Crippen LogP contribution is 2.36. The van der Waals surface area contributed by atoms with Crippen molar-refractivity contribution in [3.05, 3.63) is 18.1 Å². The molecular formula is C16H26N4. The van der Waals surface area contributed by atoms with Crippen molar-refractivity contribution in [3.8, 4) is 0 Å². The second-order valence-corrected chi connectivity index (χ2v) is 7.30. The van der Waals surface area contributed by atoms with Crippen molar-refractivity contribution in [2.24, 2.45) is 5.92 Å². The molecule has 3 rings (SSSR count). The molecule has 1 N–H and O–H groups in total. The standard InChI is InChI=1S/C16H26N4/c1-16(2,3)18-9-13-8-17-10-15(19-13)20(14-6-7-14)11-12-4-5-12/h8,10,12,14,18H,4-7,9,11H2,1-3H3. The van der Waals surface area contributed by atoms with Gasteiger partial charge in [0.05, 0.1) is 11.9 Å². The minimum atomic E-state index is 0.113. The van der Waals surface area contributed by atoms with Crippen LogP contribution in [-0.2, 0) is 6.54 Å². The molecule has 2 aliphatic carbocycles. The predicted molar refractivity (Wildman–Crippen MR) is 81.7 cm³/mol. The second kappa shape index (κ2) is 5.32. The Hall–Kier alpha value is -1.16. The minimum absolute atomic E-state index is 0.113. The van der Waals surface area contributed by atoms with E-state index < -0.39 is 0 Å². The van der Waals surface area contributed by atoms with Gasteiger partial charge in [-0.15, -0.1) is 0 Å². The van der Waals surface area contributed by atoms with Gasteiger partial charge in [0.15, 0.2) is 0 Å². The van der Waals surface area contributed by atoms with Crippen molar-refractivity contribution in [1.29, 1.82) is 0 Å². The van der Waals surface area contributed by atoms with Crippen molar-refractivity contribution in [2.45, 2.75) is 64.6 Å². The van der Waals surface area contributed by atoms with Gasteiger partial charge in [0.25, 0.3) is 0 Å². The van der Waals surface area contributed by atoms with E-state index in [0.29, 0.717) is 0 Å². The minimum Gasteiger partial charge on any atom is -0.352 e. The Morgan fingerprint density at radius 2 is 1.95 bits per heavy atom. The first-order chi connectivity index (χ1) is 9.51. The summed E-state index contributed by atoms with van der Waals surface area (Å²) >= 11 is 0. The Morgan fingerprint density at radius 1 is 1.20 bits per heavy atom. The number of hydrogen-bond donors (Lipinski definition) is 1. The Kier molecular flexibility index (Phi) is 3.67. The fourth-order valence-corrected chi connectivity index (χ4v) is 2.37. The molecule has 4 heteroatoms. The van der Waals surface area contributed by atoms with Gasteiger partial charge in [-0.3, -0.25) is 4.98 Å². The third-order valence-corrected chi connectivity index (χ3v) is 3.91. The maximum Gasteiger partial charge on any atom is 0.147 e. The van der Waals surface area contributed by atoms with Gasteiger partial charge in [0.1, 0.15) is 5.82 Å². The first-order valence-electron chi connectivity index (χ1n) is 7.84. The van der Waals surface area contributed by atoms with Crippen LogP contribution in [-0.4, -0.2) is 28.1 Å². The van der Waals surface area contributed by atoms with Crippen LogP contribution >= 0.6 is 0 Å². The average Bonchev–Trinajstić information content (AvgIpc) is 3.25. The summed E-state index contributed by atoms with van der Waals surface area (Å²) in [5.41, 5.74) is 1.15. The molecular weight excluding hydrogens is 248 g/mol. The quantitative estimate of drug-likeness (QED) is 0.866. The lowest BCUT2D eigenvalue weighted by Crippen LogP contribution is -2.35. The molecule has 1 aromatic rings. The Labute approximate surface area is 122 Å². The molecule has 2 saturated carbocycles. The van der Waals surface area contributed by atoms with Crippen LogP contribution in [0.2, 0.25) is 0 Å². The molecule has 1 heterocycles. The van der Waals surface area contributed by atoms with Gasteiger partial charge in [-0.1, -0.05) is 0 Å². The molecule has 0 saturated heterocycles.